The lowest BCUT2D eigenvalue weighted by Crippen LogP contribution is -1.88. The fourth-order valence-electron chi connectivity index (χ4n) is 1.43. The summed E-state index contributed by atoms with van der Waals surface area (Å²) >= 11 is 0. The zero-order valence-electron chi connectivity index (χ0n) is 8.64. The molecule has 0 radical (unpaired) electrons. The molecule has 0 atom stereocenters. The highest BCUT2D eigenvalue weighted by Crippen LogP contribution is 2.26. The number of nitrogens with zero attached hydrogens (tertiary/aromatic N) is 1. The summed E-state index contributed by atoms with van der Waals surface area (Å²) in [6.07, 6.45) is 2.88. The van der Waals surface area contributed by atoms with Gasteiger partial charge in [-0.2, -0.15) is 0 Å². The summed E-state index contributed by atoms with van der Waals surface area (Å²) in [7, 11) is 1.41. The van der Waals surface area contributed by atoms with E-state index in [0.29, 0.717) is 11.1 Å². The molecule has 0 aliphatic heterocycles. The highest BCUT2D eigenvalue weighted by atomic mass is 19.1. The minimum atomic E-state index is -0.441. The molecule has 3 nitrogen and oxygen atoms in total. The predicted molar refractivity (Wildman–Crippen MR) is 57.8 cm³/mol. The highest BCUT2D eigenvalue weighted by molar-refractivity contribution is 5.64. The highest BCUT2D eigenvalue weighted by Gasteiger charge is 2.05. The van der Waals surface area contributed by atoms with Crippen molar-refractivity contribution in [1.82, 2.24) is 4.98 Å². The van der Waals surface area contributed by atoms with Crippen LogP contribution in [-0.4, -0.2) is 17.2 Å². The minimum Gasteiger partial charge on any atom is -0.506 e. The van der Waals surface area contributed by atoms with E-state index in [1.54, 1.807) is 12.3 Å². The summed E-state index contributed by atoms with van der Waals surface area (Å²) in [6.45, 7) is 0. The van der Waals surface area contributed by atoms with Crippen molar-refractivity contribution >= 4 is 0 Å². The summed E-state index contributed by atoms with van der Waals surface area (Å²) < 4.78 is 18.2. The number of hydrogen-bond donors (Lipinski definition) is 1. The first-order valence-corrected chi connectivity index (χ1v) is 4.68. The van der Waals surface area contributed by atoms with Crippen LogP contribution in [0, 0.1) is 5.82 Å². The van der Waals surface area contributed by atoms with Gasteiger partial charge in [0.1, 0.15) is 5.75 Å². The van der Waals surface area contributed by atoms with Gasteiger partial charge in [-0.3, -0.25) is 4.98 Å². The average Bonchev–Trinajstić information content (AvgIpc) is 2.29. The smallest absolute Gasteiger partial charge is 0.165 e. The van der Waals surface area contributed by atoms with Crippen LogP contribution >= 0.6 is 0 Å². The van der Waals surface area contributed by atoms with Gasteiger partial charge >= 0.3 is 0 Å². The Morgan fingerprint density at radius 3 is 2.62 bits per heavy atom. The van der Waals surface area contributed by atoms with Crippen LogP contribution in [0.25, 0.3) is 11.1 Å². The molecule has 2 rings (SSSR count). The maximum Gasteiger partial charge on any atom is 0.165 e. The topological polar surface area (TPSA) is 42.4 Å². The van der Waals surface area contributed by atoms with Gasteiger partial charge in [-0.1, -0.05) is 6.07 Å². The number of aromatic hydroxyl groups is 1. The second-order valence-corrected chi connectivity index (χ2v) is 3.28. The lowest BCUT2D eigenvalue weighted by Gasteiger charge is -2.05. The summed E-state index contributed by atoms with van der Waals surface area (Å²) in [5.74, 6) is -0.200. The van der Waals surface area contributed by atoms with E-state index < -0.39 is 5.82 Å². The summed E-state index contributed by atoms with van der Waals surface area (Å²) in [5, 5.41) is 9.26. The maximum absolute atomic E-state index is 13.4. The van der Waals surface area contributed by atoms with Crippen molar-refractivity contribution < 1.29 is 14.2 Å². The standard InChI is InChI=1S/C12H10FNO2/c1-16-12-3-2-8(5-11(12)13)9-4-10(15)7-14-6-9/h2-7,15H,1H3. The third-order valence-electron chi connectivity index (χ3n) is 2.21. The zero-order chi connectivity index (χ0) is 11.5. The molecule has 0 saturated carbocycles. The third-order valence-corrected chi connectivity index (χ3v) is 2.21. The first kappa shape index (κ1) is 10.4. The number of benzene rings is 1. The van der Waals surface area contributed by atoms with E-state index in [0.717, 1.165) is 0 Å². The Hall–Kier alpha value is -2.10. The molecule has 82 valence electrons. The molecule has 0 unspecified atom stereocenters. The quantitative estimate of drug-likeness (QED) is 0.844. The largest absolute Gasteiger partial charge is 0.506 e. The molecule has 0 spiro atoms. The van der Waals surface area contributed by atoms with Crippen molar-refractivity contribution in [1.29, 1.82) is 0 Å². The Labute approximate surface area is 92.1 Å². The van der Waals surface area contributed by atoms with Crippen LogP contribution in [0.15, 0.2) is 36.7 Å². The fraction of sp³-hybridized carbons (Fsp3) is 0.0833. The second-order valence-electron chi connectivity index (χ2n) is 3.28. The zero-order valence-corrected chi connectivity index (χ0v) is 8.64. The monoisotopic (exact) mass is 219 g/mol. The second kappa shape index (κ2) is 4.18. The number of hydrogen-bond acceptors (Lipinski definition) is 3. The molecule has 0 amide bonds. The number of methoxy groups -OCH3 is 1. The molecule has 0 aliphatic carbocycles. The van der Waals surface area contributed by atoms with Crippen molar-refractivity contribution in [2.75, 3.05) is 7.11 Å². The van der Waals surface area contributed by atoms with Crippen LogP contribution in [-0.2, 0) is 0 Å². The Bertz CT molecular complexity index is 514. The van der Waals surface area contributed by atoms with Gasteiger partial charge in [0, 0.05) is 11.8 Å². The fourth-order valence-corrected chi connectivity index (χ4v) is 1.43. The van der Waals surface area contributed by atoms with Gasteiger partial charge in [-0.05, 0) is 23.8 Å². The van der Waals surface area contributed by atoms with Gasteiger partial charge in [0.15, 0.2) is 11.6 Å². The van der Waals surface area contributed by atoms with Crippen molar-refractivity contribution in [3.63, 3.8) is 0 Å². The molecule has 0 bridgehead atoms. The number of halogens is 1. The van der Waals surface area contributed by atoms with E-state index in [4.69, 9.17) is 4.74 Å². The minimum absolute atomic E-state index is 0.0497. The number of rotatable bonds is 2. The first-order valence-electron chi connectivity index (χ1n) is 4.68. The molecule has 16 heavy (non-hydrogen) atoms. The van der Waals surface area contributed by atoms with Crippen LogP contribution in [0.5, 0.6) is 11.5 Å². The number of pyridine rings is 1. The molecule has 0 fully saturated rings. The van der Waals surface area contributed by atoms with Crippen molar-refractivity contribution in [2.24, 2.45) is 0 Å². The number of aromatic nitrogens is 1. The SMILES string of the molecule is COc1ccc(-c2cncc(O)c2)cc1F. The van der Waals surface area contributed by atoms with Gasteiger partial charge in [-0.25, -0.2) is 4.39 Å². The Morgan fingerprint density at radius 2 is 2.00 bits per heavy atom. The van der Waals surface area contributed by atoms with Crippen molar-refractivity contribution in [3.05, 3.63) is 42.5 Å². The first-order chi connectivity index (χ1) is 7.70. The molecule has 1 N–H and O–H groups in total. The van der Waals surface area contributed by atoms with Crippen LogP contribution in [0.2, 0.25) is 0 Å². The third kappa shape index (κ3) is 1.95. The lowest BCUT2D eigenvalue weighted by molar-refractivity contribution is 0.386. The van der Waals surface area contributed by atoms with Gasteiger partial charge in [0.2, 0.25) is 0 Å². The van der Waals surface area contributed by atoms with E-state index in [1.807, 2.05) is 0 Å². The van der Waals surface area contributed by atoms with Crippen LogP contribution in [0.3, 0.4) is 0 Å². The van der Waals surface area contributed by atoms with Crippen LogP contribution in [0.1, 0.15) is 0 Å². The molecule has 4 heteroatoms. The Balaban J connectivity index is 2.45. The molecular formula is C12H10FNO2. The summed E-state index contributed by atoms with van der Waals surface area (Å²) in [6, 6.07) is 6.11. The molecule has 2 aromatic rings. The number of ether oxygens (including phenoxy) is 1. The lowest BCUT2D eigenvalue weighted by atomic mass is 10.1. The van der Waals surface area contributed by atoms with Gasteiger partial charge in [-0.15, -0.1) is 0 Å². The van der Waals surface area contributed by atoms with Gasteiger partial charge < -0.3 is 9.84 Å². The Morgan fingerprint density at radius 1 is 1.19 bits per heavy atom. The van der Waals surface area contributed by atoms with E-state index >= 15 is 0 Å². The summed E-state index contributed by atoms with van der Waals surface area (Å²) in [4.78, 5) is 3.83. The van der Waals surface area contributed by atoms with E-state index in [-0.39, 0.29) is 11.5 Å². The maximum atomic E-state index is 13.4. The average molecular weight is 219 g/mol. The van der Waals surface area contributed by atoms with E-state index in [9.17, 15) is 9.50 Å². The van der Waals surface area contributed by atoms with Crippen molar-refractivity contribution in [2.45, 2.75) is 0 Å². The molecule has 0 saturated heterocycles. The molecular weight excluding hydrogens is 209 g/mol. The van der Waals surface area contributed by atoms with E-state index in [2.05, 4.69) is 4.98 Å². The summed E-state index contributed by atoms with van der Waals surface area (Å²) in [5.41, 5.74) is 1.29. The predicted octanol–water partition coefficient (Wildman–Crippen LogP) is 2.60. The molecule has 1 aromatic heterocycles. The van der Waals surface area contributed by atoms with Gasteiger partial charge in [0.25, 0.3) is 0 Å². The van der Waals surface area contributed by atoms with Crippen molar-refractivity contribution in [3.8, 4) is 22.6 Å². The molecule has 1 heterocycles. The molecule has 0 aliphatic rings. The normalized spacial score (nSPS) is 10.1. The Kier molecular flexibility index (Phi) is 2.72. The van der Waals surface area contributed by atoms with Crippen LogP contribution < -0.4 is 4.74 Å². The molecule has 1 aromatic carbocycles. The van der Waals surface area contributed by atoms with E-state index in [1.165, 1.54) is 31.5 Å². The van der Waals surface area contributed by atoms with Crippen LogP contribution in [0.4, 0.5) is 4.39 Å². The van der Waals surface area contributed by atoms with Gasteiger partial charge in [0.05, 0.1) is 13.3 Å².